The van der Waals surface area contributed by atoms with Crippen LogP contribution in [-0.2, 0) is 9.53 Å². The maximum Gasteiger partial charge on any atom is 0.333 e. The summed E-state index contributed by atoms with van der Waals surface area (Å²) >= 11 is 0. The quantitative estimate of drug-likeness (QED) is 0.350. The molecule has 0 aliphatic heterocycles. The van der Waals surface area contributed by atoms with E-state index in [1.54, 1.807) is 6.92 Å². The molecule has 0 N–H and O–H groups in total. The van der Waals surface area contributed by atoms with Gasteiger partial charge in [-0.1, -0.05) is 56.1 Å². The molecule has 0 amide bonds. The SMILES string of the molecule is C=C(C)C(=O)OCCC(n1c2ccccc2c2ccccc21)[Si](C)C. The summed E-state index contributed by atoms with van der Waals surface area (Å²) in [7, 11) is -0.645. The van der Waals surface area contributed by atoms with Crippen LogP contribution >= 0.6 is 0 Å². The number of fused-ring (bicyclic) bond motifs is 3. The fourth-order valence-corrected chi connectivity index (χ4v) is 4.84. The molecule has 1 heterocycles. The second kappa shape index (κ2) is 7.27. The van der Waals surface area contributed by atoms with Crippen molar-refractivity contribution in [2.45, 2.75) is 32.1 Å². The molecule has 1 unspecified atom stereocenters. The summed E-state index contributed by atoms with van der Waals surface area (Å²) in [5, 5.41) is 2.57. The standard InChI is InChI=1S/C21H24NO2Si/c1-15(2)21(23)24-14-13-20(25(3)4)22-18-11-7-5-9-16(18)17-10-6-8-12-19(17)22/h5-12,20H,1,13-14H2,2-4H3. The number of hydrogen-bond donors (Lipinski definition) is 0. The highest BCUT2D eigenvalue weighted by atomic mass is 28.3. The lowest BCUT2D eigenvalue weighted by Gasteiger charge is -2.24. The second-order valence-corrected chi connectivity index (χ2v) is 9.52. The largest absolute Gasteiger partial charge is 0.462 e. The Kier molecular flexibility index (Phi) is 5.09. The smallest absolute Gasteiger partial charge is 0.333 e. The number of rotatable bonds is 6. The van der Waals surface area contributed by atoms with Gasteiger partial charge in [-0.25, -0.2) is 4.79 Å². The number of benzene rings is 2. The van der Waals surface area contributed by atoms with Crippen LogP contribution in [0.3, 0.4) is 0 Å². The van der Waals surface area contributed by atoms with Crippen molar-refractivity contribution in [1.29, 1.82) is 0 Å². The van der Waals surface area contributed by atoms with Gasteiger partial charge in [-0.05, 0) is 25.5 Å². The lowest BCUT2D eigenvalue weighted by Crippen LogP contribution is -2.25. The van der Waals surface area contributed by atoms with Gasteiger partial charge in [-0.2, -0.15) is 0 Å². The van der Waals surface area contributed by atoms with Crippen LogP contribution in [0.1, 0.15) is 19.0 Å². The van der Waals surface area contributed by atoms with Crippen LogP contribution in [0.2, 0.25) is 13.1 Å². The number of nitrogens with zero attached hydrogens (tertiary/aromatic N) is 1. The van der Waals surface area contributed by atoms with Crippen LogP contribution < -0.4 is 0 Å². The first-order chi connectivity index (χ1) is 12.0. The molecule has 0 aliphatic carbocycles. The molecule has 0 aliphatic rings. The van der Waals surface area contributed by atoms with Crippen LogP contribution in [-0.4, -0.2) is 25.9 Å². The Labute approximate surface area is 150 Å². The van der Waals surface area contributed by atoms with E-state index in [0.29, 0.717) is 17.8 Å². The van der Waals surface area contributed by atoms with E-state index < -0.39 is 8.80 Å². The molecule has 0 fully saturated rings. The molecule has 129 valence electrons. The molecule has 3 aromatic rings. The van der Waals surface area contributed by atoms with Gasteiger partial charge in [0, 0.05) is 33.0 Å². The fraction of sp³-hybridized carbons (Fsp3) is 0.286. The normalized spacial score (nSPS) is 12.6. The van der Waals surface area contributed by atoms with Crippen LogP contribution in [0.4, 0.5) is 0 Å². The van der Waals surface area contributed by atoms with Crippen molar-refractivity contribution in [3.8, 4) is 0 Å². The van der Waals surface area contributed by atoms with E-state index >= 15 is 0 Å². The average molecular weight is 351 g/mol. The van der Waals surface area contributed by atoms with Crippen LogP contribution in [0.25, 0.3) is 21.8 Å². The number of carbonyl (C=O) groups is 1. The van der Waals surface area contributed by atoms with Crippen molar-refractivity contribution in [1.82, 2.24) is 4.57 Å². The summed E-state index contributed by atoms with van der Waals surface area (Å²) in [6.07, 6.45) is 0.822. The van der Waals surface area contributed by atoms with Gasteiger partial charge in [0.15, 0.2) is 0 Å². The summed E-state index contributed by atoms with van der Waals surface area (Å²) in [4.78, 5) is 11.7. The van der Waals surface area contributed by atoms with Gasteiger partial charge in [0.25, 0.3) is 0 Å². The molecule has 1 radical (unpaired) electrons. The fourth-order valence-electron chi connectivity index (χ4n) is 3.35. The molecule has 2 aromatic carbocycles. The number of esters is 1. The van der Waals surface area contributed by atoms with E-state index in [2.05, 4.69) is 72.8 Å². The van der Waals surface area contributed by atoms with E-state index in [4.69, 9.17) is 4.74 Å². The molecule has 0 spiro atoms. The Hall–Kier alpha value is -2.33. The maximum atomic E-state index is 11.7. The molecule has 1 aromatic heterocycles. The monoisotopic (exact) mass is 350 g/mol. The minimum absolute atomic E-state index is 0.304. The van der Waals surface area contributed by atoms with Gasteiger partial charge >= 0.3 is 5.97 Å². The third kappa shape index (κ3) is 3.40. The highest BCUT2D eigenvalue weighted by molar-refractivity contribution is 6.56. The minimum Gasteiger partial charge on any atom is -0.462 e. The summed E-state index contributed by atoms with van der Waals surface area (Å²) in [6.45, 7) is 10.4. The zero-order valence-electron chi connectivity index (χ0n) is 15.1. The van der Waals surface area contributed by atoms with Gasteiger partial charge in [-0.3, -0.25) is 0 Å². The lowest BCUT2D eigenvalue weighted by atomic mass is 10.2. The summed E-state index contributed by atoms with van der Waals surface area (Å²) in [6, 6.07) is 17.1. The molecule has 0 saturated carbocycles. The Balaban J connectivity index is 2.01. The Morgan fingerprint density at radius 3 is 2.08 bits per heavy atom. The maximum absolute atomic E-state index is 11.7. The van der Waals surface area contributed by atoms with Crippen molar-refractivity contribution in [3.63, 3.8) is 0 Å². The Morgan fingerprint density at radius 2 is 1.60 bits per heavy atom. The van der Waals surface area contributed by atoms with Crippen molar-refractivity contribution in [2.24, 2.45) is 0 Å². The third-order valence-electron chi connectivity index (χ3n) is 4.57. The van der Waals surface area contributed by atoms with E-state index in [-0.39, 0.29) is 5.97 Å². The molecular weight excluding hydrogens is 326 g/mol. The average Bonchev–Trinajstić information content (AvgIpc) is 2.93. The number of hydrogen-bond acceptors (Lipinski definition) is 2. The van der Waals surface area contributed by atoms with Gasteiger partial charge < -0.3 is 9.30 Å². The first-order valence-electron chi connectivity index (χ1n) is 8.61. The van der Waals surface area contributed by atoms with Gasteiger partial charge in [0.2, 0.25) is 0 Å². The van der Waals surface area contributed by atoms with Crippen molar-refractivity contribution in [3.05, 3.63) is 60.7 Å². The summed E-state index contributed by atoms with van der Waals surface area (Å²) < 4.78 is 7.82. The predicted molar refractivity (Wildman–Crippen MR) is 106 cm³/mol. The molecule has 1 atom stereocenters. The van der Waals surface area contributed by atoms with Gasteiger partial charge in [-0.15, -0.1) is 0 Å². The molecule has 4 heteroatoms. The first-order valence-corrected chi connectivity index (χ1v) is 11.2. The molecule has 0 bridgehead atoms. The van der Waals surface area contributed by atoms with E-state index in [1.807, 2.05) is 0 Å². The highest BCUT2D eigenvalue weighted by Gasteiger charge is 2.22. The van der Waals surface area contributed by atoms with E-state index in [1.165, 1.54) is 21.8 Å². The van der Waals surface area contributed by atoms with E-state index in [9.17, 15) is 4.79 Å². The molecule has 3 rings (SSSR count). The molecular formula is C21H24NO2Si. The third-order valence-corrected chi connectivity index (χ3v) is 6.45. The second-order valence-electron chi connectivity index (χ2n) is 6.70. The zero-order valence-corrected chi connectivity index (χ0v) is 16.1. The molecule has 25 heavy (non-hydrogen) atoms. The highest BCUT2D eigenvalue weighted by Crippen LogP contribution is 2.33. The summed E-state index contributed by atoms with van der Waals surface area (Å²) in [5.74, 6) is -0.304. The topological polar surface area (TPSA) is 31.2 Å². The molecule has 0 saturated heterocycles. The van der Waals surface area contributed by atoms with Crippen LogP contribution in [0.15, 0.2) is 60.7 Å². The number of ether oxygens (including phenoxy) is 1. The van der Waals surface area contributed by atoms with E-state index in [0.717, 1.165) is 6.42 Å². The Morgan fingerprint density at radius 1 is 1.08 bits per heavy atom. The first kappa shape index (κ1) is 17.5. The van der Waals surface area contributed by atoms with Crippen molar-refractivity contribution >= 4 is 36.6 Å². The predicted octanol–water partition coefficient (Wildman–Crippen LogP) is 5.14. The zero-order chi connectivity index (χ0) is 18.0. The lowest BCUT2D eigenvalue weighted by molar-refractivity contribution is -0.139. The van der Waals surface area contributed by atoms with Crippen LogP contribution in [0, 0.1) is 0 Å². The Bertz CT molecular complexity index is 873. The van der Waals surface area contributed by atoms with Crippen molar-refractivity contribution < 1.29 is 9.53 Å². The molecule has 3 nitrogen and oxygen atoms in total. The van der Waals surface area contributed by atoms with Gasteiger partial charge in [0.1, 0.15) is 0 Å². The van der Waals surface area contributed by atoms with Crippen LogP contribution in [0.5, 0.6) is 0 Å². The number of carbonyl (C=O) groups excluding carboxylic acids is 1. The number of para-hydroxylation sites is 2. The summed E-state index contributed by atoms with van der Waals surface area (Å²) in [5.41, 5.74) is 3.32. The minimum atomic E-state index is -0.645. The number of aromatic nitrogens is 1. The van der Waals surface area contributed by atoms with Gasteiger partial charge in [0.05, 0.1) is 15.4 Å². The van der Waals surface area contributed by atoms with Crippen molar-refractivity contribution in [2.75, 3.05) is 6.61 Å².